The lowest BCUT2D eigenvalue weighted by Gasteiger charge is -2.15. The van der Waals surface area contributed by atoms with Gasteiger partial charge in [-0.3, -0.25) is 0 Å². The largest absolute Gasteiger partial charge is 0.382 e. The van der Waals surface area contributed by atoms with Gasteiger partial charge in [0.25, 0.3) is 0 Å². The minimum atomic E-state index is 0.566. The zero-order valence-corrected chi connectivity index (χ0v) is 11.7. The van der Waals surface area contributed by atoms with E-state index in [1.165, 1.54) is 11.3 Å². The van der Waals surface area contributed by atoms with Crippen LogP contribution in [0.3, 0.4) is 0 Å². The first kappa shape index (κ1) is 11.7. The van der Waals surface area contributed by atoms with Crippen LogP contribution in [0.25, 0.3) is 5.69 Å². The Morgan fingerprint density at radius 1 is 1.44 bits per heavy atom. The standard InChI is InChI=1S/C13H14BrN3O/c1-8-6-9(14)2-3-11(8)17-12-4-5-18-7-10(12)13(15)16-17/h2-3,6H,4-5,7H2,1H3,(H2,15,16). The van der Waals surface area contributed by atoms with Crippen molar-refractivity contribution >= 4 is 21.7 Å². The quantitative estimate of drug-likeness (QED) is 0.881. The molecule has 18 heavy (non-hydrogen) atoms. The molecule has 1 aromatic carbocycles. The molecule has 0 atom stereocenters. The van der Waals surface area contributed by atoms with E-state index in [4.69, 9.17) is 10.5 Å². The van der Waals surface area contributed by atoms with Gasteiger partial charge in [-0.25, -0.2) is 4.68 Å². The van der Waals surface area contributed by atoms with Crippen molar-refractivity contribution in [3.63, 3.8) is 0 Å². The van der Waals surface area contributed by atoms with E-state index in [2.05, 4.69) is 40.1 Å². The van der Waals surface area contributed by atoms with Crippen LogP contribution in [0, 0.1) is 6.92 Å². The van der Waals surface area contributed by atoms with Crippen molar-refractivity contribution < 1.29 is 4.74 Å². The van der Waals surface area contributed by atoms with Crippen molar-refractivity contribution in [2.45, 2.75) is 20.0 Å². The average Bonchev–Trinajstić information content (AvgIpc) is 2.68. The van der Waals surface area contributed by atoms with Gasteiger partial charge in [-0.1, -0.05) is 15.9 Å². The number of fused-ring (bicyclic) bond motifs is 1. The Hall–Kier alpha value is -1.33. The molecule has 0 aliphatic carbocycles. The van der Waals surface area contributed by atoms with Crippen LogP contribution in [0.4, 0.5) is 5.82 Å². The predicted octanol–water partition coefficient (Wildman–Crippen LogP) is 2.60. The van der Waals surface area contributed by atoms with E-state index in [1.54, 1.807) is 0 Å². The number of hydrogen-bond acceptors (Lipinski definition) is 3. The van der Waals surface area contributed by atoms with Crippen LogP contribution in [0.5, 0.6) is 0 Å². The first-order valence-corrected chi connectivity index (χ1v) is 6.66. The van der Waals surface area contributed by atoms with Gasteiger partial charge in [0.05, 0.1) is 24.6 Å². The topological polar surface area (TPSA) is 53.1 Å². The van der Waals surface area contributed by atoms with E-state index in [1.807, 2.05) is 10.7 Å². The summed E-state index contributed by atoms with van der Waals surface area (Å²) in [5.74, 6) is 0.576. The van der Waals surface area contributed by atoms with Crippen molar-refractivity contribution in [3.8, 4) is 5.69 Å². The lowest BCUT2D eigenvalue weighted by atomic mass is 10.1. The first-order valence-electron chi connectivity index (χ1n) is 5.87. The second-order valence-electron chi connectivity index (χ2n) is 4.46. The molecule has 3 rings (SSSR count). The van der Waals surface area contributed by atoms with E-state index >= 15 is 0 Å². The fraction of sp³-hybridized carbons (Fsp3) is 0.308. The fourth-order valence-electron chi connectivity index (χ4n) is 2.32. The Morgan fingerprint density at radius 2 is 2.28 bits per heavy atom. The van der Waals surface area contributed by atoms with Crippen molar-refractivity contribution in [3.05, 3.63) is 39.5 Å². The SMILES string of the molecule is Cc1cc(Br)ccc1-n1nc(N)c2c1CCOC2. The van der Waals surface area contributed by atoms with Gasteiger partial charge >= 0.3 is 0 Å². The lowest BCUT2D eigenvalue weighted by Crippen LogP contribution is -2.13. The summed E-state index contributed by atoms with van der Waals surface area (Å²) in [6, 6.07) is 6.16. The molecule has 4 nitrogen and oxygen atoms in total. The molecule has 2 heterocycles. The third kappa shape index (κ3) is 1.83. The maximum atomic E-state index is 5.96. The highest BCUT2D eigenvalue weighted by Crippen LogP contribution is 2.27. The molecule has 94 valence electrons. The second-order valence-corrected chi connectivity index (χ2v) is 5.37. The summed E-state index contributed by atoms with van der Waals surface area (Å²) in [5.41, 5.74) is 10.4. The van der Waals surface area contributed by atoms with Gasteiger partial charge in [-0.05, 0) is 30.7 Å². The van der Waals surface area contributed by atoms with Crippen LogP contribution in [-0.4, -0.2) is 16.4 Å². The molecule has 1 aliphatic heterocycles. The monoisotopic (exact) mass is 307 g/mol. The zero-order chi connectivity index (χ0) is 12.7. The molecule has 0 spiro atoms. The maximum absolute atomic E-state index is 5.96. The van der Waals surface area contributed by atoms with Crippen LogP contribution < -0.4 is 5.73 Å². The molecule has 2 N–H and O–H groups in total. The van der Waals surface area contributed by atoms with Crippen LogP contribution in [-0.2, 0) is 17.8 Å². The Kier molecular flexibility index (Phi) is 2.87. The third-order valence-electron chi connectivity index (χ3n) is 3.24. The molecule has 2 aromatic rings. The molecule has 1 aliphatic rings. The number of nitrogen functional groups attached to an aromatic ring is 1. The second kappa shape index (κ2) is 4.40. The third-order valence-corrected chi connectivity index (χ3v) is 3.73. The molecule has 0 saturated heterocycles. The first-order chi connectivity index (χ1) is 8.66. The van der Waals surface area contributed by atoms with E-state index in [9.17, 15) is 0 Å². The summed E-state index contributed by atoms with van der Waals surface area (Å²) < 4.78 is 8.46. The van der Waals surface area contributed by atoms with Crippen molar-refractivity contribution in [1.29, 1.82) is 0 Å². The molecule has 0 unspecified atom stereocenters. The molecular weight excluding hydrogens is 294 g/mol. The highest BCUT2D eigenvalue weighted by molar-refractivity contribution is 9.10. The van der Waals surface area contributed by atoms with Crippen LogP contribution in [0.2, 0.25) is 0 Å². The molecule has 1 aromatic heterocycles. The molecule has 0 bridgehead atoms. The number of halogens is 1. The van der Waals surface area contributed by atoms with Gasteiger partial charge in [0, 0.05) is 16.5 Å². The summed E-state index contributed by atoms with van der Waals surface area (Å²) >= 11 is 3.47. The van der Waals surface area contributed by atoms with E-state index in [-0.39, 0.29) is 0 Å². The smallest absolute Gasteiger partial charge is 0.151 e. The highest BCUT2D eigenvalue weighted by Gasteiger charge is 2.21. The molecule has 0 radical (unpaired) electrons. The number of benzene rings is 1. The van der Waals surface area contributed by atoms with Gasteiger partial charge in [0.1, 0.15) is 0 Å². The molecule has 0 amide bonds. The molecule has 0 fully saturated rings. The van der Waals surface area contributed by atoms with Gasteiger partial charge in [0.2, 0.25) is 0 Å². The molecular formula is C13H14BrN3O. The van der Waals surface area contributed by atoms with E-state index in [0.717, 1.165) is 28.8 Å². The Morgan fingerprint density at radius 3 is 3.06 bits per heavy atom. The summed E-state index contributed by atoms with van der Waals surface area (Å²) in [7, 11) is 0. The Balaban J connectivity index is 2.17. The fourth-order valence-corrected chi connectivity index (χ4v) is 2.79. The lowest BCUT2D eigenvalue weighted by molar-refractivity contribution is 0.110. The van der Waals surface area contributed by atoms with E-state index < -0.39 is 0 Å². The van der Waals surface area contributed by atoms with Crippen molar-refractivity contribution in [2.24, 2.45) is 0 Å². The van der Waals surface area contributed by atoms with Gasteiger partial charge in [-0.2, -0.15) is 5.10 Å². The Labute approximate surface area is 114 Å². The van der Waals surface area contributed by atoms with Gasteiger partial charge in [-0.15, -0.1) is 0 Å². The summed E-state index contributed by atoms with van der Waals surface area (Å²) in [6.07, 6.45) is 0.856. The van der Waals surface area contributed by atoms with Crippen LogP contribution >= 0.6 is 15.9 Å². The van der Waals surface area contributed by atoms with Crippen LogP contribution in [0.1, 0.15) is 16.8 Å². The van der Waals surface area contributed by atoms with Crippen molar-refractivity contribution in [2.75, 3.05) is 12.3 Å². The zero-order valence-electron chi connectivity index (χ0n) is 10.1. The summed E-state index contributed by atoms with van der Waals surface area (Å²) in [5, 5.41) is 4.45. The van der Waals surface area contributed by atoms with Gasteiger partial charge < -0.3 is 10.5 Å². The number of aryl methyl sites for hydroxylation is 1. The number of rotatable bonds is 1. The minimum absolute atomic E-state index is 0.566. The number of aromatic nitrogens is 2. The number of hydrogen-bond donors (Lipinski definition) is 1. The van der Waals surface area contributed by atoms with Crippen LogP contribution in [0.15, 0.2) is 22.7 Å². The normalized spacial score (nSPS) is 14.6. The summed E-state index contributed by atoms with van der Waals surface area (Å²) in [6.45, 7) is 3.37. The van der Waals surface area contributed by atoms with Gasteiger partial charge in [0.15, 0.2) is 5.82 Å². The average molecular weight is 308 g/mol. The molecule has 5 heteroatoms. The maximum Gasteiger partial charge on any atom is 0.151 e. The number of nitrogens with zero attached hydrogens (tertiary/aromatic N) is 2. The number of nitrogens with two attached hydrogens (primary N) is 1. The molecule has 0 saturated carbocycles. The predicted molar refractivity (Wildman–Crippen MR) is 73.8 cm³/mol. The highest BCUT2D eigenvalue weighted by atomic mass is 79.9. The summed E-state index contributed by atoms with van der Waals surface area (Å²) in [4.78, 5) is 0. The minimum Gasteiger partial charge on any atom is -0.382 e. The van der Waals surface area contributed by atoms with Crippen molar-refractivity contribution in [1.82, 2.24) is 9.78 Å². The Bertz CT molecular complexity index is 607. The number of ether oxygens (including phenoxy) is 1. The van der Waals surface area contributed by atoms with E-state index in [0.29, 0.717) is 12.4 Å². The number of anilines is 1.